The first-order valence-electron chi connectivity index (χ1n) is 3.29. The van der Waals surface area contributed by atoms with Crippen molar-refractivity contribution in [3.8, 4) is 0 Å². The summed E-state index contributed by atoms with van der Waals surface area (Å²) in [6.07, 6.45) is 0. The molecule has 1 aromatic carbocycles. The van der Waals surface area contributed by atoms with Gasteiger partial charge in [-0.1, -0.05) is 44.0 Å². The molecule has 1 atom stereocenters. The summed E-state index contributed by atoms with van der Waals surface area (Å²) in [7, 11) is 0. The molecule has 1 rings (SSSR count). The van der Waals surface area contributed by atoms with Gasteiger partial charge in [-0.2, -0.15) is 0 Å². The Morgan fingerprint density at radius 2 is 1.83 bits per heavy atom. The molecule has 4 heteroatoms. The molecule has 0 spiro atoms. The van der Waals surface area contributed by atoms with Gasteiger partial charge >= 0.3 is 0 Å². The molecular formula is C8H7Br2FO. The lowest BCUT2D eigenvalue weighted by Crippen LogP contribution is -2.20. The number of benzene rings is 1. The van der Waals surface area contributed by atoms with Crippen molar-refractivity contribution in [3.05, 3.63) is 34.3 Å². The van der Waals surface area contributed by atoms with Crippen LogP contribution in [0.4, 0.5) is 4.39 Å². The molecule has 0 aliphatic heterocycles. The second kappa shape index (κ2) is 3.85. The molecule has 0 aliphatic carbocycles. The van der Waals surface area contributed by atoms with Crippen molar-refractivity contribution in [2.24, 2.45) is 0 Å². The lowest BCUT2D eigenvalue weighted by atomic mass is 10.1. The van der Waals surface area contributed by atoms with Gasteiger partial charge < -0.3 is 5.11 Å². The van der Waals surface area contributed by atoms with Crippen molar-refractivity contribution in [2.75, 3.05) is 5.33 Å². The first-order chi connectivity index (χ1) is 5.56. The summed E-state index contributed by atoms with van der Waals surface area (Å²) >= 11 is 6.11. The Labute approximate surface area is 86.9 Å². The fourth-order valence-electron chi connectivity index (χ4n) is 0.782. The summed E-state index contributed by atoms with van der Waals surface area (Å²) in [6, 6.07) is 6.43. The number of aliphatic hydroxyl groups is 1. The van der Waals surface area contributed by atoms with Gasteiger partial charge in [0.05, 0.1) is 5.33 Å². The van der Waals surface area contributed by atoms with Crippen molar-refractivity contribution in [3.63, 3.8) is 0 Å². The minimum Gasteiger partial charge on any atom is -0.358 e. The molecular weight excluding hydrogens is 291 g/mol. The van der Waals surface area contributed by atoms with Crippen molar-refractivity contribution >= 4 is 31.9 Å². The van der Waals surface area contributed by atoms with E-state index >= 15 is 0 Å². The highest BCUT2D eigenvalue weighted by molar-refractivity contribution is 9.10. The van der Waals surface area contributed by atoms with Crippen LogP contribution in [0.15, 0.2) is 28.7 Å². The number of hydrogen-bond donors (Lipinski definition) is 1. The van der Waals surface area contributed by atoms with Gasteiger partial charge in [-0.3, -0.25) is 0 Å². The fourth-order valence-corrected chi connectivity index (χ4v) is 1.37. The third-order valence-corrected chi connectivity index (χ3v) is 2.74. The first kappa shape index (κ1) is 10.2. The zero-order valence-electron chi connectivity index (χ0n) is 6.10. The molecule has 0 aliphatic rings. The van der Waals surface area contributed by atoms with E-state index in [9.17, 15) is 4.39 Å². The van der Waals surface area contributed by atoms with E-state index in [1.165, 1.54) is 12.1 Å². The Hall–Kier alpha value is 0.0700. The van der Waals surface area contributed by atoms with Gasteiger partial charge in [-0.25, -0.2) is 4.39 Å². The summed E-state index contributed by atoms with van der Waals surface area (Å²) in [5.41, 5.74) is 0.252. The molecule has 0 heterocycles. The van der Waals surface area contributed by atoms with E-state index in [-0.39, 0.29) is 10.9 Å². The predicted molar refractivity (Wildman–Crippen MR) is 52.9 cm³/mol. The average molecular weight is 298 g/mol. The van der Waals surface area contributed by atoms with Crippen LogP contribution >= 0.6 is 31.9 Å². The fraction of sp³-hybridized carbons (Fsp3) is 0.250. The topological polar surface area (TPSA) is 20.2 Å². The molecule has 1 nitrogen and oxygen atoms in total. The van der Waals surface area contributed by atoms with Crippen LogP contribution in [0.3, 0.4) is 0 Å². The summed E-state index contributed by atoms with van der Waals surface area (Å²) in [6.45, 7) is 0. The lowest BCUT2D eigenvalue weighted by Gasteiger charge is -2.15. The van der Waals surface area contributed by atoms with Gasteiger partial charge in [0.2, 0.25) is 5.85 Å². The number of halogens is 3. The molecule has 0 fully saturated rings. The SMILES string of the molecule is OC(F)(CBr)c1ccc(Br)cc1. The quantitative estimate of drug-likeness (QED) is 0.832. The first-order valence-corrected chi connectivity index (χ1v) is 5.21. The third kappa shape index (κ3) is 2.28. The zero-order chi connectivity index (χ0) is 9.19. The summed E-state index contributed by atoms with van der Waals surface area (Å²) < 4.78 is 14.0. The molecule has 1 aromatic rings. The Bertz CT molecular complexity index is 258. The van der Waals surface area contributed by atoms with Crippen LogP contribution < -0.4 is 0 Å². The highest BCUT2D eigenvalue weighted by atomic mass is 79.9. The Kier molecular flexibility index (Phi) is 3.26. The third-order valence-electron chi connectivity index (χ3n) is 1.46. The molecule has 1 N–H and O–H groups in total. The van der Waals surface area contributed by atoms with Crippen molar-refractivity contribution in [1.82, 2.24) is 0 Å². The van der Waals surface area contributed by atoms with Gasteiger partial charge in [0.15, 0.2) is 0 Å². The van der Waals surface area contributed by atoms with Gasteiger partial charge in [-0.05, 0) is 12.1 Å². The van der Waals surface area contributed by atoms with Gasteiger partial charge in [0, 0.05) is 10.0 Å². The van der Waals surface area contributed by atoms with Crippen LogP contribution in [0.2, 0.25) is 0 Å². The van der Waals surface area contributed by atoms with Crippen LogP contribution in [-0.2, 0) is 5.85 Å². The minimum absolute atomic E-state index is 0.123. The highest BCUT2D eigenvalue weighted by Crippen LogP contribution is 2.25. The van der Waals surface area contributed by atoms with E-state index in [2.05, 4.69) is 31.9 Å². The minimum atomic E-state index is -2.28. The average Bonchev–Trinajstić information content (AvgIpc) is 2.05. The van der Waals surface area contributed by atoms with Crippen LogP contribution in [0.5, 0.6) is 0 Å². The van der Waals surface area contributed by atoms with Crippen LogP contribution in [0, 0.1) is 0 Å². The molecule has 0 saturated carbocycles. The number of rotatable bonds is 2. The molecule has 0 amide bonds. The monoisotopic (exact) mass is 296 g/mol. The molecule has 0 saturated heterocycles. The summed E-state index contributed by atoms with van der Waals surface area (Å²) in [5.74, 6) is -2.28. The highest BCUT2D eigenvalue weighted by Gasteiger charge is 2.26. The Balaban J connectivity index is 2.96. The largest absolute Gasteiger partial charge is 0.358 e. The maximum Gasteiger partial charge on any atom is 0.242 e. The van der Waals surface area contributed by atoms with Gasteiger partial charge in [0.1, 0.15) is 0 Å². The maximum atomic E-state index is 13.2. The summed E-state index contributed by atoms with van der Waals surface area (Å²) in [4.78, 5) is 0. The van der Waals surface area contributed by atoms with E-state index in [0.29, 0.717) is 0 Å². The standard InChI is InChI=1S/C8H7Br2FO/c9-5-8(11,12)6-1-3-7(10)4-2-6/h1-4,12H,5H2. The maximum absolute atomic E-state index is 13.2. The van der Waals surface area contributed by atoms with Gasteiger partial charge in [-0.15, -0.1) is 0 Å². The van der Waals surface area contributed by atoms with Crippen molar-refractivity contribution in [2.45, 2.75) is 5.85 Å². The van der Waals surface area contributed by atoms with E-state index in [1.807, 2.05) is 0 Å². The van der Waals surface area contributed by atoms with Crippen LogP contribution in [0.25, 0.3) is 0 Å². The van der Waals surface area contributed by atoms with Crippen LogP contribution in [0.1, 0.15) is 5.56 Å². The normalized spacial score (nSPS) is 15.7. The van der Waals surface area contributed by atoms with E-state index in [4.69, 9.17) is 5.11 Å². The van der Waals surface area contributed by atoms with E-state index in [0.717, 1.165) is 4.47 Å². The molecule has 1 unspecified atom stereocenters. The van der Waals surface area contributed by atoms with Gasteiger partial charge in [0.25, 0.3) is 0 Å². The smallest absolute Gasteiger partial charge is 0.242 e. The molecule has 0 radical (unpaired) electrons. The van der Waals surface area contributed by atoms with E-state index in [1.54, 1.807) is 12.1 Å². The number of hydrogen-bond acceptors (Lipinski definition) is 1. The molecule has 0 bridgehead atoms. The lowest BCUT2D eigenvalue weighted by molar-refractivity contribution is -0.0707. The van der Waals surface area contributed by atoms with Crippen LogP contribution in [-0.4, -0.2) is 10.4 Å². The molecule has 66 valence electrons. The molecule has 12 heavy (non-hydrogen) atoms. The Morgan fingerprint density at radius 3 is 2.25 bits per heavy atom. The molecule has 0 aromatic heterocycles. The van der Waals surface area contributed by atoms with E-state index < -0.39 is 5.85 Å². The second-order valence-electron chi connectivity index (χ2n) is 2.40. The van der Waals surface area contributed by atoms with Crippen molar-refractivity contribution < 1.29 is 9.50 Å². The summed E-state index contributed by atoms with van der Waals surface area (Å²) in [5, 5.41) is 9.03. The number of alkyl halides is 2. The Morgan fingerprint density at radius 1 is 1.33 bits per heavy atom. The van der Waals surface area contributed by atoms with Crippen molar-refractivity contribution in [1.29, 1.82) is 0 Å². The zero-order valence-corrected chi connectivity index (χ0v) is 9.27. The second-order valence-corrected chi connectivity index (χ2v) is 3.88. The predicted octanol–water partition coefficient (Wildman–Crippen LogP) is 2.96.